The summed E-state index contributed by atoms with van der Waals surface area (Å²) < 4.78 is 5.40. The lowest BCUT2D eigenvalue weighted by molar-refractivity contribution is 0.102. The summed E-state index contributed by atoms with van der Waals surface area (Å²) in [5.41, 5.74) is 2.89. The molecule has 7 nitrogen and oxygen atoms in total. The van der Waals surface area contributed by atoms with E-state index in [2.05, 4.69) is 34.0 Å². The minimum Gasteiger partial charge on any atom is -0.493 e. The van der Waals surface area contributed by atoms with Gasteiger partial charge in [0.2, 0.25) is 5.88 Å². The Labute approximate surface area is 169 Å². The molecule has 1 fully saturated rings. The summed E-state index contributed by atoms with van der Waals surface area (Å²) in [6.45, 7) is 6.79. The van der Waals surface area contributed by atoms with Gasteiger partial charge >= 0.3 is 0 Å². The lowest BCUT2D eigenvalue weighted by atomic mass is 9.98. The maximum Gasteiger partial charge on any atom is 0.259 e. The Hall–Kier alpha value is -3.19. The Balaban J connectivity index is 1.65. The molecular formula is C22H24N4O3. The zero-order chi connectivity index (χ0) is 20.4. The van der Waals surface area contributed by atoms with Crippen molar-refractivity contribution < 1.29 is 14.6 Å². The van der Waals surface area contributed by atoms with Crippen LogP contribution in [0.25, 0.3) is 10.9 Å². The van der Waals surface area contributed by atoms with Gasteiger partial charge in [-0.25, -0.2) is 9.97 Å². The van der Waals surface area contributed by atoms with E-state index in [9.17, 15) is 9.90 Å². The van der Waals surface area contributed by atoms with Gasteiger partial charge in [0.1, 0.15) is 5.82 Å². The van der Waals surface area contributed by atoms with Gasteiger partial charge in [0.05, 0.1) is 24.3 Å². The highest BCUT2D eigenvalue weighted by atomic mass is 16.5. The van der Waals surface area contributed by atoms with E-state index in [1.807, 2.05) is 12.1 Å². The van der Waals surface area contributed by atoms with E-state index < -0.39 is 0 Å². The van der Waals surface area contributed by atoms with Gasteiger partial charge in [0.25, 0.3) is 5.91 Å². The van der Waals surface area contributed by atoms with E-state index >= 15 is 0 Å². The Kier molecular flexibility index (Phi) is 5.31. The molecule has 0 atom stereocenters. The lowest BCUT2D eigenvalue weighted by Crippen LogP contribution is -2.38. The van der Waals surface area contributed by atoms with Gasteiger partial charge in [-0.1, -0.05) is 13.8 Å². The van der Waals surface area contributed by atoms with E-state index in [0.717, 1.165) is 10.9 Å². The Morgan fingerprint density at radius 2 is 2.00 bits per heavy atom. The number of nitrogens with one attached hydrogen (secondary N) is 1. The number of aromatic hydroxyl groups is 1. The number of fused-ring (bicyclic) bond motifs is 1. The molecular weight excluding hydrogens is 368 g/mol. The summed E-state index contributed by atoms with van der Waals surface area (Å²) in [5, 5.41) is 13.8. The van der Waals surface area contributed by atoms with Crippen LogP contribution in [0.4, 0.5) is 11.5 Å². The molecule has 150 valence electrons. The molecule has 29 heavy (non-hydrogen) atoms. The van der Waals surface area contributed by atoms with Crippen molar-refractivity contribution >= 4 is 28.3 Å². The Morgan fingerprint density at radius 3 is 2.76 bits per heavy atom. The van der Waals surface area contributed by atoms with Crippen molar-refractivity contribution in [2.24, 2.45) is 0 Å². The van der Waals surface area contributed by atoms with Gasteiger partial charge in [0.15, 0.2) is 0 Å². The predicted octanol–water partition coefficient (Wildman–Crippen LogP) is 3.55. The summed E-state index contributed by atoms with van der Waals surface area (Å²) in [4.78, 5) is 23.7. The first-order valence-electron chi connectivity index (χ1n) is 9.75. The van der Waals surface area contributed by atoms with Crippen molar-refractivity contribution in [2.75, 3.05) is 36.5 Å². The number of rotatable bonds is 4. The molecule has 0 bridgehead atoms. The second kappa shape index (κ2) is 8.05. The van der Waals surface area contributed by atoms with Crippen LogP contribution in [0, 0.1) is 0 Å². The van der Waals surface area contributed by atoms with Crippen LogP contribution in [0.15, 0.2) is 42.6 Å². The molecule has 0 unspecified atom stereocenters. The third-order valence-electron chi connectivity index (χ3n) is 5.05. The van der Waals surface area contributed by atoms with Crippen LogP contribution >= 0.6 is 0 Å². The maximum atomic E-state index is 13.0. The topological polar surface area (TPSA) is 87.6 Å². The van der Waals surface area contributed by atoms with E-state index in [0.29, 0.717) is 48.9 Å². The van der Waals surface area contributed by atoms with Gasteiger partial charge < -0.3 is 20.1 Å². The second-order valence-electron chi connectivity index (χ2n) is 7.38. The molecule has 0 radical (unpaired) electrons. The molecule has 1 amide bonds. The van der Waals surface area contributed by atoms with Crippen molar-refractivity contribution in [1.29, 1.82) is 0 Å². The number of benzene rings is 1. The average Bonchev–Trinajstić information content (AvgIpc) is 2.74. The maximum absolute atomic E-state index is 13.0. The number of hydrogen-bond donors (Lipinski definition) is 2. The lowest BCUT2D eigenvalue weighted by Gasteiger charge is -2.29. The fraction of sp³-hybridized carbons (Fsp3) is 0.318. The van der Waals surface area contributed by atoms with Crippen LogP contribution in [-0.2, 0) is 4.74 Å². The summed E-state index contributed by atoms with van der Waals surface area (Å²) in [7, 11) is 0. The number of pyridine rings is 2. The highest BCUT2D eigenvalue weighted by Crippen LogP contribution is 2.30. The van der Waals surface area contributed by atoms with Crippen LogP contribution in [0.5, 0.6) is 5.88 Å². The number of ether oxygens (including phenoxy) is 1. The number of aromatic nitrogens is 2. The molecule has 1 aliphatic heterocycles. The summed E-state index contributed by atoms with van der Waals surface area (Å²) in [6, 6.07) is 10.7. The van der Waals surface area contributed by atoms with Crippen LogP contribution in [-0.4, -0.2) is 47.3 Å². The van der Waals surface area contributed by atoms with Gasteiger partial charge in [-0.15, -0.1) is 0 Å². The molecule has 2 N–H and O–H groups in total. The minimum absolute atomic E-state index is 0.00324. The van der Waals surface area contributed by atoms with Crippen molar-refractivity contribution in [3.63, 3.8) is 0 Å². The smallest absolute Gasteiger partial charge is 0.259 e. The fourth-order valence-corrected chi connectivity index (χ4v) is 3.59. The number of carbonyl (C=O) groups excluding carboxylic acids is 1. The number of carbonyl (C=O) groups is 1. The Morgan fingerprint density at radius 1 is 1.21 bits per heavy atom. The molecule has 0 spiro atoms. The van der Waals surface area contributed by atoms with E-state index in [4.69, 9.17) is 4.74 Å². The minimum atomic E-state index is -0.211. The van der Waals surface area contributed by atoms with Crippen molar-refractivity contribution in [1.82, 2.24) is 9.97 Å². The monoisotopic (exact) mass is 392 g/mol. The molecule has 0 saturated carbocycles. The number of hydrogen-bond acceptors (Lipinski definition) is 6. The van der Waals surface area contributed by atoms with Crippen molar-refractivity contribution in [3.05, 3.63) is 53.7 Å². The first kappa shape index (κ1) is 19.1. The van der Waals surface area contributed by atoms with Crippen LogP contribution in [0.1, 0.15) is 35.7 Å². The van der Waals surface area contributed by atoms with Crippen LogP contribution in [0.2, 0.25) is 0 Å². The zero-order valence-corrected chi connectivity index (χ0v) is 16.6. The molecule has 3 heterocycles. The molecule has 1 aliphatic rings. The average molecular weight is 392 g/mol. The normalized spacial score (nSPS) is 14.4. The van der Waals surface area contributed by atoms with Crippen molar-refractivity contribution in [3.8, 4) is 5.88 Å². The molecule has 0 aliphatic carbocycles. The third-order valence-corrected chi connectivity index (χ3v) is 5.05. The molecule has 3 aromatic rings. The van der Waals surface area contributed by atoms with Gasteiger partial charge in [-0.05, 0) is 41.8 Å². The largest absolute Gasteiger partial charge is 0.493 e. The highest BCUT2D eigenvalue weighted by molar-refractivity contribution is 6.08. The van der Waals surface area contributed by atoms with Gasteiger partial charge in [0, 0.05) is 36.4 Å². The number of morpholine rings is 1. The third kappa shape index (κ3) is 4.00. The number of amides is 1. The zero-order valence-electron chi connectivity index (χ0n) is 16.6. The molecule has 1 saturated heterocycles. The first-order valence-corrected chi connectivity index (χ1v) is 9.75. The quantitative estimate of drug-likeness (QED) is 0.706. The Bertz CT molecular complexity index is 1050. The van der Waals surface area contributed by atoms with Crippen LogP contribution < -0.4 is 10.2 Å². The molecule has 7 heteroatoms. The number of nitrogens with zero attached hydrogens (tertiary/aromatic N) is 3. The molecule has 1 aromatic carbocycles. The summed E-state index contributed by atoms with van der Waals surface area (Å²) >= 11 is 0. The van der Waals surface area contributed by atoms with E-state index in [1.54, 1.807) is 30.5 Å². The van der Waals surface area contributed by atoms with Crippen LogP contribution in [0.3, 0.4) is 0 Å². The SMILES string of the molecule is CC(C)c1cc(O)nc2ccc(NC(=O)c3cccnc3N3CCOCC3)cc12. The predicted molar refractivity (Wildman–Crippen MR) is 113 cm³/mol. The highest BCUT2D eigenvalue weighted by Gasteiger charge is 2.20. The van der Waals surface area contributed by atoms with E-state index in [1.165, 1.54) is 0 Å². The second-order valence-corrected chi connectivity index (χ2v) is 7.38. The van der Waals surface area contributed by atoms with Crippen molar-refractivity contribution in [2.45, 2.75) is 19.8 Å². The van der Waals surface area contributed by atoms with E-state index in [-0.39, 0.29) is 17.7 Å². The summed E-state index contributed by atoms with van der Waals surface area (Å²) in [6.07, 6.45) is 1.70. The molecule has 2 aromatic heterocycles. The van der Waals surface area contributed by atoms with Gasteiger partial charge in [-0.3, -0.25) is 4.79 Å². The number of anilines is 2. The molecule has 4 rings (SSSR count). The summed E-state index contributed by atoms with van der Waals surface area (Å²) in [5.74, 6) is 0.674. The first-order chi connectivity index (χ1) is 14.0. The fourth-order valence-electron chi connectivity index (χ4n) is 3.59. The standard InChI is InChI=1S/C22H24N4O3/c1-14(2)17-13-20(27)25-19-6-5-15(12-18(17)19)24-22(28)16-4-3-7-23-21(16)26-8-10-29-11-9-26/h3-7,12-14H,8-11H2,1-2H3,(H,24,28)(H,25,27). The van der Waals surface area contributed by atoms with Gasteiger partial charge in [-0.2, -0.15) is 0 Å².